The monoisotopic (exact) mass is 252 g/mol. The van der Waals surface area contributed by atoms with Gasteiger partial charge in [0.2, 0.25) is 4.77 Å². The number of hydrogen-bond acceptors (Lipinski definition) is 3. The Morgan fingerprint density at radius 3 is 3.00 bits per heavy atom. The lowest BCUT2D eigenvalue weighted by molar-refractivity contribution is 0.821. The highest BCUT2D eigenvalue weighted by atomic mass is 35.5. The highest BCUT2D eigenvalue weighted by Crippen LogP contribution is 2.09. The zero-order valence-electron chi connectivity index (χ0n) is 8.51. The summed E-state index contributed by atoms with van der Waals surface area (Å²) in [5.41, 5.74) is 0.912. The van der Waals surface area contributed by atoms with E-state index >= 15 is 0 Å². The molecule has 4 nitrogen and oxygen atoms in total. The van der Waals surface area contributed by atoms with Gasteiger partial charge < -0.3 is 0 Å². The summed E-state index contributed by atoms with van der Waals surface area (Å²) < 4.78 is 2.02. The van der Waals surface area contributed by atoms with Gasteiger partial charge in [-0.25, -0.2) is 0 Å². The molecule has 1 aromatic carbocycles. The van der Waals surface area contributed by atoms with Crippen LogP contribution in [0.2, 0.25) is 5.02 Å². The van der Waals surface area contributed by atoms with Crippen molar-refractivity contribution in [1.82, 2.24) is 14.9 Å². The molecular weight excluding hydrogens is 244 g/mol. The van der Waals surface area contributed by atoms with Gasteiger partial charge in [0.1, 0.15) is 5.82 Å². The molecule has 0 bridgehead atoms. The Morgan fingerprint density at radius 1 is 1.56 bits per heavy atom. The van der Waals surface area contributed by atoms with Crippen molar-refractivity contribution in [3.05, 3.63) is 45.4 Å². The first-order valence-corrected chi connectivity index (χ1v) is 5.39. The topological polar surface area (TPSA) is 46.0 Å². The number of hydrogen-bond donors (Lipinski definition) is 1. The summed E-state index contributed by atoms with van der Waals surface area (Å²) in [5.74, 6) is 0.711. The molecule has 0 saturated heterocycles. The van der Waals surface area contributed by atoms with E-state index in [0.717, 1.165) is 5.56 Å². The largest absolute Gasteiger partial charge is 0.250 e. The maximum Gasteiger partial charge on any atom is 0.216 e. The lowest BCUT2D eigenvalue weighted by Crippen LogP contribution is -1.93. The number of aromatic nitrogens is 3. The minimum Gasteiger partial charge on any atom is -0.250 e. The molecule has 16 heavy (non-hydrogen) atoms. The van der Waals surface area contributed by atoms with Gasteiger partial charge in [-0.05, 0) is 36.8 Å². The summed E-state index contributed by atoms with van der Waals surface area (Å²) in [6, 6.07) is 7.41. The fourth-order valence-electron chi connectivity index (χ4n) is 1.22. The lowest BCUT2D eigenvalue weighted by Gasteiger charge is -1.95. The summed E-state index contributed by atoms with van der Waals surface area (Å²) in [7, 11) is 0. The van der Waals surface area contributed by atoms with E-state index in [1.165, 1.54) is 0 Å². The van der Waals surface area contributed by atoms with E-state index in [0.29, 0.717) is 15.6 Å². The van der Waals surface area contributed by atoms with Gasteiger partial charge in [-0.15, -0.1) is 0 Å². The first-order chi connectivity index (χ1) is 7.66. The van der Waals surface area contributed by atoms with Crippen LogP contribution < -0.4 is 0 Å². The zero-order valence-corrected chi connectivity index (χ0v) is 10.1. The Bertz CT molecular complexity index is 585. The summed E-state index contributed by atoms with van der Waals surface area (Å²) in [5, 5.41) is 11.5. The molecule has 0 saturated carbocycles. The quantitative estimate of drug-likeness (QED) is 0.660. The number of aryl methyl sites for hydroxylation is 1. The molecule has 2 aromatic rings. The predicted octanol–water partition coefficient (Wildman–Crippen LogP) is 2.78. The van der Waals surface area contributed by atoms with Gasteiger partial charge in [0, 0.05) is 5.02 Å². The SMILES string of the molecule is Cc1n[nH]c(=S)n1/N=C/c1cccc(Cl)c1. The predicted molar refractivity (Wildman–Crippen MR) is 66.6 cm³/mol. The van der Waals surface area contributed by atoms with Gasteiger partial charge in [0.15, 0.2) is 0 Å². The molecule has 0 amide bonds. The molecule has 1 N–H and O–H groups in total. The fourth-order valence-corrected chi connectivity index (χ4v) is 1.64. The first kappa shape index (κ1) is 11.0. The third kappa shape index (κ3) is 2.37. The van der Waals surface area contributed by atoms with Crippen LogP contribution >= 0.6 is 23.8 Å². The summed E-state index contributed by atoms with van der Waals surface area (Å²) in [4.78, 5) is 0. The number of H-pyrrole nitrogens is 1. The van der Waals surface area contributed by atoms with E-state index in [1.807, 2.05) is 31.2 Å². The van der Waals surface area contributed by atoms with Crippen LogP contribution in [0.1, 0.15) is 11.4 Å². The average molecular weight is 253 g/mol. The Morgan fingerprint density at radius 2 is 2.38 bits per heavy atom. The molecule has 2 rings (SSSR count). The molecule has 0 aliphatic heterocycles. The minimum absolute atomic E-state index is 0.468. The maximum absolute atomic E-state index is 5.86. The lowest BCUT2D eigenvalue weighted by atomic mass is 10.2. The Kier molecular flexibility index (Phi) is 3.17. The van der Waals surface area contributed by atoms with Crippen LogP contribution in [0.4, 0.5) is 0 Å². The summed E-state index contributed by atoms with van der Waals surface area (Å²) in [6.07, 6.45) is 1.68. The van der Waals surface area contributed by atoms with Gasteiger partial charge in [-0.2, -0.15) is 14.9 Å². The van der Waals surface area contributed by atoms with Crippen LogP contribution in [0.5, 0.6) is 0 Å². The Labute approximate surface area is 103 Å². The molecule has 0 aliphatic carbocycles. The van der Waals surface area contributed by atoms with E-state index in [-0.39, 0.29) is 0 Å². The second kappa shape index (κ2) is 4.59. The second-order valence-electron chi connectivity index (χ2n) is 3.19. The van der Waals surface area contributed by atoms with Gasteiger partial charge >= 0.3 is 0 Å². The van der Waals surface area contributed by atoms with Crippen molar-refractivity contribution in [3.8, 4) is 0 Å². The van der Waals surface area contributed by atoms with Crippen LogP contribution in [0.25, 0.3) is 0 Å². The molecule has 0 unspecified atom stereocenters. The van der Waals surface area contributed by atoms with Crippen LogP contribution in [-0.2, 0) is 0 Å². The van der Waals surface area contributed by atoms with Crippen LogP contribution in [0, 0.1) is 11.7 Å². The van der Waals surface area contributed by atoms with E-state index < -0.39 is 0 Å². The summed E-state index contributed by atoms with van der Waals surface area (Å²) in [6.45, 7) is 1.82. The molecule has 1 aromatic heterocycles. The number of rotatable bonds is 2. The second-order valence-corrected chi connectivity index (χ2v) is 4.01. The van der Waals surface area contributed by atoms with Crippen LogP contribution in [-0.4, -0.2) is 21.1 Å². The molecule has 0 radical (unpaired) electrons. The van der Waals surface area contributed by atoms with Gasteiger partial charge in [-0.3, -0.25) is 5.10 Å². The van der Waals surface area contributed by atoms with Crippen molar-refractivity contribution in [3.63, 3.8) is 0 Å². The standard InChI is InChI=1S/C10H9ClN4S/c1-7-13-14-10(16)15(7)12-6-8-3-2-4-9(11)5-8/h2-6H,1H3,(H,14,16)/b12-6+. The van der Waals surface area contributed by atoms with Crippen molar-refractivity contribution in [1.29, 1.82) is 0 Å². The summed E-state index contributed by atoms with van der Waals surface area (Å²) >= 11 is 10.9. The molecule has 6 heteroatoms. The van der Waals surface area contributed by atoms with E-state index in [9.17, 15) is 0 Å². The van der Waals surface area contributed by atoms with Gasteiger partial charge in [-0.1, -0.05) is 23.7 Å². The third-order valence-electron chi connectivity index (χ3n) is 1.98. The first-order valence-electron chi connectivity index (χ1n) is 4.61. The molecule has 0 aliphatic rings. The molecule has 0 fully saturated rings. The van der Waals surface area contributed by atoms with Gasteiger partial charge in [0.05, 0.1) is 6.21 Å². The van der Waals surface area contributed by atoms with Crippen molar-refractivity contribution in [2.45, 2.75) is 6.92 Å². The van der Waals surface area contributed by atoms with Crippen LogP contribution in [0.3, 0.4) is 0 Å². The maximum atomic E-state index is 5.86. The highest BCUT2D eigenvalue weighted by molar-refractivity contribution is 7.71. The molecule has 82 valence electrons. The number of halogens is 1. The van der Waals surface area contributed by atoms with Crippen molar-refractivity contribution < 1.29 is 0 Å². The third-order valence-corrected chi connectivity index (χ3v) is 2.48. The van der Waals surface area contributed by atoms with Crippen molar-refractivity contribution in [2.75, 3.05) is 0 Å². The fraction of sp³-hybridized carbons (Fsp3) is 0.100. The Balaban J connectivity index is 2.32. The normalized spacial score (nSPS) is 11.1. The van der Waals surface area contributed by atoms with Crippen molar-refractivity contribution in [2.24, 2.45) is 5.10 Å². The molecule has 1 heterocycles. The molecular formula is C10H9ClN4S. The van der Waals surface area contributed by atoms with Crippen molar-refractivity contribution >= 4 is 30.0 Å². The van der Waals surface area contributed by atoms with Gasteiger partial charge in [0.25, 0.3) is 0 Å². The van der Waals surface area contributed by atoms with E-state index in [4.69, 9.17) is 23.8 Å². The zero-order chi connectivity index (χ0) is 11.5. The smallest absolute Gasteiger partial charge is 0.216 e. The molecule has 0 spiro atoms. The Hall–Kier alpha value is -1.46. The molecule has 0 atom stereocenters. The highest BCUT2D eigenvalue weighted by Gasteiger charge is 1.97. The van der Waals surface area contributed by atoms with E-state index in [1.54, 1.807) is 10.9 Å². The number of nitrogens with zero attached hydrogens (tertiary/aromatic N) is 3. The average Bonchev–Trinajstić information content (AvgIpc) is 2.56. The van der Waals surface area contributed by atoms with Crippen LogP contribution in [0.15, 0.2) is 29.4 Å². The number of aromatic amines is 1. The minimum atomic E-state index is 0.468. The number of nitrogens with one attached hydrogen (secondary N) is 1. The van der Waals surface area contributed by atoms with E-state index in [2.05, 4.69) is 15.3 Å². The number of benzene rings is 1.